The van der Waals surface area contributed by atoms with Gasteiger partial charge in [-0.2, -0.15) is 0 Å². The van der Waals surface area contributed by atoms with Crippen LogP contribution in [0.25, 0.3) is 0 Å². The maximum absolute atomic E-state index is 10.8. The summed E-state index contributed by atoms with van der Waals surface area (Å²) < 4.78 is 4.32. The van der Waals surface area contributed by atoms with Gasteiger partial charge in [0.05, 0.1) is 6.54 Å². The van der Waals surface area contributed by atoms with Crippen LogP contribution in [0.5, 0.6) is 0 Å². The lowest BCUT2D eigenvalue weighted by Gasteiger charge is -2.18. The molecule has 1 aliphatic heterocycles. The second-order valence-corrected chi connectivity index (χ2v) is 2.13. The first-order chi connectivity index (χ1) is 5.24. The van der Waals surface area contributed by atoms with Gasteiger partial charge in [-0.15, -0.1) is 12.3 Å². The number of carbonyl (C=O) groups excluding carboxylic acids is 2. The number of carbonyl (C=O) groups is 2. The summed E-state index contributed by atoms with van der Waals surface area (Å²) >= 11 is 0. The van der Waals surface area contributed by atoms with Gasteiger partial charge in [0.2, 0.25) is 0 Å². The molecule has 0 radical (unpaired) electrons. The molecule has 0 aromatic heterocycles. The van der Waals surface area contributed by atoms with E-state index in [0.717, 1.165) is 0 Å². The van der Waals surface area contributed by atoms with Crippen LogP contribution in [0.2, 0.25) is 0 Å². The molecule has 1 unspecified atom stereocenters. The minimum Gasteiger partial charge on any atom is -0.391 e. The highest BCUT2D eigenvalue weighted by atomic mass is 16.6. The molecule has 1 heterocycles. The fraction of sp³-hybridized carbons (Fsp3) is 0.429. The molecular formula is C7H7NO3. The van der Waals surface area contributed by atoms with Gasteiger partial charge in [0.15, 0.2) is 0 Å². The minimum absolute atomic E-state index is 0.0537. The Morgan fingerprint density at radius 3 is 3.00 bits per heavy atom. The van der Waals surface area contributed by atoms with Gasteiger partial charge in [-0.25, -0.2) is 4.79 Å². The third kappa shape index (κ3) is 1.79. The Kier molecular flexibility index (Phi) is 2.24. The number of rotatable bonds is 1. The zero-order chi connectivity index (χ0) is 8.27. The fourth-order valence-electron chi connectivity index (χ4n) is 0.783. The molecule has 1 aliphatic rings. The summed E-state index contributed by atoms with van der Waals surface area (Å²) in [6.07, 6.45) is 5.23. The van der Waals surface area contributed by atoms with Crippen LogP contribution in [0.3, 0.4) is 0 Å². The molecular weight excluding hydrogens is 146 g/mol. The summed E-state index contributed by atoms with van der Waals surface area (Å²) in [5.74, 6) is 1.17. The molecule has 0 amide bonds. The van der Waals surface area contributed by atoms with Gasteiger partial charge in [-0.3, -0.25) is 10.1 Å². The van der Waals surface area contributed by atoms with Crippen molar-refractivity contribution in [2.45, 2.75) is 12.5 Å². The Hall–Kier alpha value is -1.34. The molecule has 0 spiro atoms. The number of hydrogen-bond donors (Lipinski definition) is 1. The molecule has 0 aromatic rings. The normalized spacial score (nSPS) is 24.1. The average molecular weight is 153 g/mol. The monoisotopic (exact) mass is 153 g/mol. The van der Waals surface area contributed by atoms with Gasteiger partial charge in [0.1, 0.15) is 6.04 Å². The van der Waals surface area contributed by atoms with E-state index in [1.807, 2.05) is 0 Å². The van der Waals surface area contributed by atoms with Crippen molar-refractivity contribution in [3.05, 3.63) is 0 Å². The number of nitrogens with one attached hydrogen (secondary N) is 1. The smallest absolute Gasteiger partial charge is 0.331 e. The largest absolute Gasteiger partial charge is 0.391 e. The molecule has 1 atom stereocenters. The predicted molar refractivity (Wildman–Crippen MR) is 36.3 cm³/mol. The number of cyclic esters (lactones) is 2. The van der Waals surface area contributed by atoms with Gasteiger partial charge < -0.3 is 4.74 Å². The van der Waals surface area contributed by atoms with E-state index < -0.39 is 18.0 Å². The molecule has 58 valence electrons. The lowest BCUT2D eigenvalue weighted by atomic mass is 10.2. The quantitative estimate of drug-likeness (QED) is 0.300. The molecule has 0 bridgehead atoms. The molecule has 4 nitrogen and oxygen atoms in total. The highest BCUT2D eigenvalue weighted by Gasteiger charge is 2.27. The number of esters is 2. The third-order valence-electron chi connectivity index (χ3n) is 1.31. The van der Waals surface area contributed by atoms with Crippen molar-refractivity contribution in [2.24, 2.45) is 0 Å². The van der Waals surface area contributed by atoms with E-state index in [2.05, 4.69) is 16.0 Å². The molecule has 11 heavy (non-hydrogen) atoms. The topological polar surface area (TPSA) is 55.4 Å². The van der Waals surface area contributed by atoms with Crippen molar-refractivity contribution < 1.29 is 14.3 Å². The fourth-order valence-corrected chi connectivity index (χ4v) is 0.783. The number of hydrogen-bond acceptors (Lipinski definition) is 4. The van der Waals surface area contributed by atoms with Crippen molar-refractivity contribution in [3.8, 4) is 12.3 Å². The van der Waals surface area contributed by atoms with Crippen LogP contribution in [0, 0.1) is 12.3 Å². The molecule has 4 heteroatoms. The van der Waals surface area contributed by atoms with E-state index >= 15 is 0 Å². The van der Waals surface area contributed by atoms with Crippen LogP contribution in [0.4, 0.5) is 0 Å². The van der Waals surface area contributed by atoms with Crippen LogP contribution in [-0.4, -0.2) is 24.5 Å². The Balaban J connectivity index is 2.52. The van der Waals surface area contributed by atoms with Gasteiger partial charge >= 0.3 is 11.9 Å². The van der Waals surface area contributed by atoms with E-state index in [9.17, 15) is 9.59 Å². The summed E-state index contributed by atoms with van der Waals surface area (Å²) in [7, 11) is 0. The van der Waals surface area contributed by atoms with E-state index in [1.54, 1.807) is 0 Å². The van der Waals surface area contributed by atoms with Crippen molar-refractivity contribution >= 4 is 11.9 Å². The first-order valence-corrected chi connectivity index (χ1v) is 3.15. The predicted octanol–water partition coefficient (Wildman–Crippen LogP) is -0.949. The van der Waals surface area contributed by atoms with E-state index in [-0.39, 0.29) is 13.0 Å². The van der Waals surface area contributed by atoms with Gasteiger partial charge in [0.25, 0.3) is 0 Å². The lowest BCUT2D eigenvalue weighted by molar-refractivity contribution is -0.164. The summed E-state index contributed by atoms with van der Waals surface area (Å²) in [6, 6.07) is -0.516. The number of terminal acetylenes is 1. The number of ether oxygens (including phenoxy) is 1. The summed E-state index contributed by atoms with van der Waals surface area (Å²) in [6.45, 7) is 0.0537. The van der Waals surface area contributed by atoms with Gasteiger partial charge in [-0.05, 0) is 0 Å². The molecule has 0 aromatic carbocycles. The average Bonchev–Trinajstić information content (AvgIpc) is 1.95. The molecule has 1 saturated heterocycles. The Labute approximate surface area is 63.9 Å². The highest BCUT2D eigenvalue weighted by molar-refractivity contribution is 5.92. The van der Waals surface area contributed by atoms with E-state index in [0.29, 0.717) is 0 Å². The molecule has 0 aliphatic carbocycles. The SMILES string of the molecule is C#CCC1NCC(=O)OC1=O. The zero-order valence-corrected chi connectivity index (χ0v) is 5.79. The Morgan fingerprint density at radius 1 is 1.73 bits per heavy atom. The first kappa shape index (κ1) is 7.76. The zero-order valence-electron chi connectivity index (χ0n) is 5.79. The second-order valence-electron chi connectivity index (χ2n) is 2.13. The van der Waals surface area contributed by atoms with Crippen molar-refractivity contribution in [1.29, 1.82) is 0 Å². The van der Waals surface area contributed by atoms with E-state index in [4.69, 9.17) is 6.42 Å². The van der Waals surface area contributed by atoms with Crippen LogP contribution < -0.4 is 5.32 Å². The van der Waals surface area contributed by atoms with Crippen LogP contribution in [0.15, 0.2) is 0 Å². The first-order valence-electron chi connectivity index (χ1n) is 3.15. The van der Waals surface area contributed by atoms with Crippen LogP contribution >= 0.6 is 0 Å². The molecule has 1 fully saturated rings. The molecule has 1 rings (SSSR count). The van der Waals surface area contributed by atoms with Crippen LogP contribution in [0.1, 0.15) is 6.42 Å². The van der Waals surface area contributed by atoms with E-state index in [1.165, 1.54) is 0 Å². The highest BCUT2D eigenvalue weighted by Crippen LogP contribution is 1.99. The molecule has 1 N–H and O–H groups in total. The Bertz CT molecular complexity index is 228. The van der Waals surface area contributed by atoms with Crippen molar-refractivity contribution in [2.75, 3.05) is 6.54 Å². The van der Waals surface area contributed by atoms with Gasteiger partial charge in [-0.1, -0.05) is 0 Å². The molecule has 0 saturated carbocycles. The Morgan fingerprint density at radius 2 is 2.45 bits per heavy atom. The van der Waals surface area contributed by atoms with Gasteiger partial charge in [0, 0.05) is 6.42 Å². The number of morpholine rings is 1. The summed E-state index contributed by atoms with van der Waals surface area (Å²) in [5, 5.41) is 2.65. The van der Waals surface area contributed by atoms with Crippen LogP contribution in [-0.2, 0) is 14.3 Å². The maximum atomic E-state index is 10.8. The van der Waals surface area contributed by atoms with Crippen molar-refractivity contribution in [3.63, 3.8) is 0 Å². The summed E-state index contributed by atoms with van der Waals surface area (Å²) in [4.78, 5) is 21.3. The lowest BCUT2D eigenvalue weighted by Crippen LogP contribution is -2.47. The minimum atomic E-state index is -0.584. The third-order valence-corrected chi connectivity index (χ3v) is 1.31. The summed E-state index contributed by atoms with van der Waals surface area (Å²) in [5.41, 5.74) is 0. The maximum Gasteiger partial charge on any atom is 0.331 e. The second kappa shape index (κ2) is 3.17. The van der Waals surface area contributed by atoms with Crippen molar-refractivity contribution in [1.82, 2.24) is 5.32 Å². The standard InChI is InChI=1S/C7H7NO3/c1-2-3-5-7(10)11-6(9)4-8-5/h1,5,8H,3-4H2.